The average Bonchev–Trinajstić information content (AvgIpc) is 3.53. The standard InChI is InChI=1S/C19H21N9O2/c1-2-28-16-11(19(29)27-7-5-10(20)9-27)8-23-13(12-4-3-6-22-12)14(16)24-18(28)15-17(21)26-30-25-15/h3-4,6,8,10,22H,2,5,7,9,20H2,1H3,(H2,21,26). The number of H-pyrrole nitrogens is 1. The van der Waals surface area contributed by atoms with Crippen molar-refractivity contribution >= 4 is 22.8 Å². The van der Waals surface area contributed by atoms with E-state index in [-0.39, 0.29) is 17.8 Å². The molecule has 30 heavy (non-hydrogen) atoms. The molecule has 0 radical (unpaired) electrons. The lowest BCUT2D eigenvalue weighted by atomic mass is 10.1. The Bertz CT molecular complexity index is 1220. The number of nitrogens with one attached hydrogen (secondary N) is 1. The zero-order valence-electron chi connectivity index (χ0n) is 16.4. The molecule has 4 aromatic rings. The molecule has 11 nitrogen and oxygen atoms in total. The second-order valence-electron chi connectivity index (χ2n) is 7.28. The molecule has 5 N–H and O–H groups in total. The van der Waals surface area contributed by atoms with Gasteiger partial charge in [0.05, 0.1) is 16.8 Å². The highest BCUT2D eigenvalue weighted by atomic mass is 16.6. The van der Waals surface area contributed by atoms with Crippen LogP contribution in [0.25, 0.3) is 33.9 Å². The van der Waals surface area contributed by atoms with Gasteiger partial charge in [0.2, 0.25) is 0 Å². The van der Waals surface area contributed by atoms with Gasteiger partial charge in [0.25, 0.3) is 5.91 Å². The third-order valence-electron chi connectivity index (χ3n) is 5.41. The van der Waals surface area contributed by atoms with Gasteiger partial charge >= 0.3 is 0 Å². The maximum atomic E-state index is 13.3. The van der Waals surface area contributed by atoms with Gasteiger partial charge in [-0.2, -0.15) is 0 Å². The quantitative estimate of drug-likeness (QED) is 0.456. The number of hydrogen-bond donors (Lipinski definition) is 3. The predicted octanol–water partition coefficient (Wildman–Crippen LogP) is 1.25. The Hall–Kier alpha value is -3.73. The molecule has 154 valence electrons. The fourth-order valence-electron chi connectivity index (χ4n) is 3.96. The van der Waals surface area contributed by atoms with Crippen LogP contribution in [0.3, 0.4) is 0 Å². The van der Waals surface area contributed by atoms with Gasteiger partial charge in [-0.25, -0.2) is 9.61 Å². The number of hydrogen-bond acceptors (Lipinski definition) is 8. The molecule has 5 rings (SSSR count). The van der Waals surface area contributed by atoms with Gasteiger partial charge in [-0.1, -0.05) is 0 Å². The van der Waals surface area contributed by atoms with Crippen molar-refractivity contribution in [2.24, 2.45) is 5.73 Å². The van der Waals surface area contributed by atoms with Crippen molar-refractivity contribution < 1.29 is 9.42 Å². The van der Waals surface area contributed by atoms with Crippen LogP contribution < -0.4 is 11.5 Å². The first-order valence-electron chi connectivity index (χ1n) is 9.74. The van der Waals surface area contributed by atoms with Crippen molar-refractivity contribution in [2.75, 3.05) is 18.8 Å². The first kappa shape index (κ1) is 18.3. The number of pyridine rings is 1. The lowest BCUT2D eigenvalue weighted by molar-refractivity contribution is 0.0792. The van der Waals surface area contributed by atoms with Gasteiger partial charge in [-0.05, 0) is 35.8 Å². The third-order valence-corrected chi connectivity index (χ3v) is 5.41. The summed E-state index contributed by atoms with van der Waals surface area (Å²) in [4.78, 5) is 27.6. The molecular formula is C19H21N9O2. The lowest BCUT2D eigenvalue weighted by Crippen LogP contribution is -2.32. The van der Waals surface area contributed by atoms with Crippen LogP contribution in [-0.2, 0) is 6.54 Å². The monoisotopic (exact) mass is 407 g/mol. The SMILES string of the molecule is CCn1c(-c2nonc2N)nc2c(-c3ccc[nH]3)ncc(C(=O)N3CCC(N)C3)c21. The van der Waals surface area contributed by atoms with Gasteiger partial charge in [0.1, 0.15) is 11.2 Å². The van der Waals surface area contributed by atoms with Gasteiger partial charge in [0, 0.05) is 38.1 Å². The highest BCUT2D eigenvalue weighted by molar-refractivity contribution is 6.08. The van der Waals surface area contributed by atoms with E-state index >= 15 is 0 Å². The molecule has 1 atom stereocenters. The number of carbonyl (C=O) groups excluding carboxylic acids is 1. The first-order valence-corrected chi connectivity index (χ1v) is 9.74. The second kappa shape index (κ2) is 6.95. The maximum absolute atomic E-state index is 13.3. The number of nitrogen functional groups attached to an aromatic ring is 1. The Balaban J connectivity index is 1.77. The fourth-order valence-corrected chi connectivity index (χ4v) is 3.96. The minimum Gasteiger partial charge on any atom is -0.379 e. The molecule has 1 fully saturated rings. The highest BCUT2D eigenvalue weighted by Gasteiger charge is 2.30. The first-order chi connectivity index (χ1) is 14.6. The van der Waals surface area contributed by atoms with Crippen molar-refractivity contribution in [1.29, 1.82) is 0 Å². The van der Waals surface area contributed by atoms with Crippen LogP contribution in [0, 0.1) is 0 Å². The zero-order valence-corrected chi connectivity index (χ0v) is 16.4. The van der Waals surface area contributed by atoms with Crippen LogP contribution in [0.15, 0.2) is 29.2 Å². The van der Waals surface area contributed by atoms with E-state index in [1.807, 2.05) is 29.8 Å². The van der Waals surface area contributed by atoms with E-state index in [9.17, 15) is 4.79 Å². The number of carbonyl (C=O) groups is 1. The molecule has 0 aliphatic carbocycles. The van der Waals surface area contributed by atoms with Crippen LogP contribution in [0.1, 0.15) is 23.7 Å². The summed E-state index contributed by atoms with van der Waals surface area (Å²) in [6, 6.07) is 3.77. The number of fused-ring (bicyclic) bond motifs is 1. The van der Waals surface area contributed by atoms with E-state index in [1.54, 1.807) is 11.1 Å². The zero-order chi connectivity index (χ0) is 20.8. The number of anilines is 1. The number of aryl methyl sites for hydroxylation is 1. The molecule has 1 amide bonds. The Morgan fingerprint density at radius 2 is 2.23 bits per heavy atom. The Kier molecular flexibility index (Phi) is 4.24. The van der Waals surface area contributed by atoms with Crippen LogP contribution >= 0.6 is 0 Å². The summed E-state index contributed by atoms with van der Waals surface area (Å²) >= 11 is 0. The van der Waals surface area contributed by atoms with Gasteiger partial charge in [-0.3, -0.25) is 9.78 Å². The molecular weight excluding hydrogens is 386 g/mol. The van der Waals surface area contributed by atoms with Crippen molar-refractivity contribution in [2.45, 2.75) is 25.9 Å². The number of amides is 1. The molecule has 4 aromatic heterocycles. The molecule has 1 aliphatic rings. The molecule has 0 saturated carbocycles. The van der Waals surface area contributed by atoms with Crippen LogP contribution in [0.4, 0.5) is 5.82 Å². The molecule has 11 heteroatoms. The van der Waals surface area contributed by atoms with Crippen LogP contribution in [-0.4, -0.2) is 59.8 Å². The fraction of sp³-hybridized carbons (Fsp3) is 0.316. The predicted molar refractivity (Wildman–Crippen MR) is 109 cm³/mol. The summed E-state index contributed by atoms with van der Waals surface area (Å²) in [5.74, 6) is 0.484. The smallest absolute Gasteiger partial charge is 0.257 e. The summed E-state index contributed by atoms with van der Waals surface area (Å²) < 4.78 is 6.67. The largest absolute Gasteiger partial charge is 0.379 e. The molecule has 0 aromatic carbocycles. The molecule has 0 spiro atoms. The maximum Gasteiger partial charge on any atom is 0.257 e. The van der Waals surface area contributed by atoms with E-state index < -0.39 is 0 Å². The van der Waals surface area contributed by atoms with Gasteiger partial charge in [-0.15, -0.1) is 0 Å². The Morgan fingerprint density at radius 3 is 2.87 bits per heavy atom. The van der Waals surface area contributed by atoms with E-state index in [1.165, 1.54) is 0 Å². The van der Waals surface area contributed by atoms with Gasteiger partial charge < -0.3 is 25.9 Å². The van der Waals surface area contributed by atoms with E-state index in [0.717, 1.165) is 12.1 Å². The van der Waals surface area contributed by atoms with E-state index in [0.29, 0.717) is 53.4 Å². The number of aromatic amines is 1. The van der Waals surface area contributed by atoms with E-state index in [4.69, 9.17) is 21.1 Å². The highest BCUT2D eigenvalue weighted by Crippen LogP contribution is 2.33. The number of rotatable bonds is 4. The number of likely N-dealkylation sites (tertiary alicyclic amines) is 1. The van der Waals surface area contributed by atoms with Crippen molar-refractivity contribution in [3.8, 4) is 22.9 Å². The second-order valence-corrected chi connectivity index (χ2v) is 7.28. The Labute approximate surface area is 171 Å². The molecule has 1 saturated heterocycles. The summed E-state index contributed by atoms with van der Waals surface area (Å²) in [5, 5.41) is 7.58. The molecule has 0 bridgehead atoms. The van der Waals surface area contributed by atoms with Gasteiger partial charge in [0.15, 0.2) is 17.3 Å². The average molecular weight is 407 g/mol. The van der Waals surface area contributed by atoms with E-state index in [2.05, 4.69) is 20.3 Å². The van der Waals surface area contributed by atoms with Crippen molar-refractivity contribution in [1.82, 2.24) is 34.7 Å². The van der Waals surface area contributed by atoms with Crippen LogP contribution in [0.2, 0.25) is 0 Å². The number of nitrogens with zero attached hydrogens (tertiary/aromatic N) is 6. The van der Waals surface area contributed by atoms with Crippen LogP contribution in [0.5, 0.6) is 0 Å². The molecule has 5 heterocycles. The summed E-state index contributed by atoms with van der Waals surface area (Å²) in [5.41, 5.74) is 15.4. The number of aromatic nitrogens is 6. The number of nitrogens with two attached hydrogens (primary N) is 2. The summed E-state index contributed by atoms with van der Waals surface area (Å²) in [7, 11) is 0. The minimum atomic E-state index is -0.120. The third kappa shape index (κ3) is 2.74. The number of imidazole rings is 1. The van der Waals surface area contributed by atoms with Crippen molar-refractivity contribution in [3.63, 3.8) is 0 Å². The lowest BCUT2D eigenvalue weighted by Gasteiger charge is -2.17. The molecule has 1 unspecified atom stereocenters. The minimum absolute atomic E-state index is 0.0109. The molecule has 1 aliphatic heterocycles. The topological polar surface area (TPSA) is 158 Å². The summed E-state index contributed by atoms with van der Waals surface area (Å²) in [6.45, 7) is 3.63. The Morgan fingerprint density at radius 1 is 1.37 bits per heavy atom. The normalized spacial score (nSPS) is 16.6. The summed E-state index contributed by atoms with van der Waals surface area (Å²) in [6.07, 6.45) is 4.19. The van der Waals surface area contributed by atoms with Crippen molar-refractivity contribution in [3.05, 3.63) is 30.1 Å².